The standard InChI is InChI=1S/C8H7Br3O/c9-5-3-7(10)6(1-2-12)8(11)4-5/h3-4,12H,1-2H2. The van der Waals surface area contributed by atoms with Crippen molar-refractivity contribution < 1.29 is 5.11 Å². The molecule has 66 valence electrons. The van der Waals surface area contributed by atoms with Gasteiger partial charge in [0.2, 0.25) is 0 Å². The smallest absolute Gasteiger partial charge is 0.0472 e. The zero-order valence-electron chi connectivity index (χ0n) is 6.15. The van der Waals surface area contributed by atoms with Crippen LogP contribution in [-0.2, 0) is 6.42 Å². The lowest BCUT2D eigenvalue weighted by Gasteiger charge is -2.05. The van der Waals surface area contributed by atoms with Crippen molar-refractivity contribution >= 4 is 47.8 Å². The van der Waals surface area contributed by atoms with Crippen LogP contribution in [0.1, 0.15) is 5.56 Å². The van der Waals surface area contributed by atoms with Crippen LogP contribution in [0.2, 0.25) is 0 Å². The number of aliphatic hydroxyl groups is 1. The number of halogens is 3. The summed E-state index contributed by atoms with van der Waals surface area (Å²) in [6.07, 6.45) is 0.661. The van der Waals surface area contributed by atoms with Crippen molar-refractivity contribution in [3.63, 3.8) is 0 Å². The first-order chi connectivity index (χ1) is 5.65. The number of hydrogen-bond acceptors (Lipinski definition) is 1. The summed E-state index contributed by atoms with van der Waals surface area (Å²) >= 11 is 10.2. The quantitative estimate of drug-likeness (QED) is 0.857. The van der Waals surface area contributed by atoms with Crippen molar-refractivity contribution in [2.24, 2.45) is 0 Å². The molecule has 12 heavy (non-hydrogen) atoms. The number of rotatable bonds is 2. The molecule has 1 aromatic carbocycles. The minimum Gasteiger partial charge on any atom is -0.396 e. The van der Waals surface area contributed by atoms with Crippen LogP contribution in [0.25, 0.3) is 0 Å². The van der Waals surface area contributed by atoms with Crippen LogP contribution >= 0.6 is 47.8 Å². The third kappa shape index (κ3) is 2.55. The molecule has 0 saturated heterocycles. The Labute approximate surface area is 96.6 Å². The molecule has 1 N–H and O–H groups in total. The van der Waals surface area contributed by atoms with E-state index in [1.165, 1.54) is 0 Å². The minimum atomic E-state index is 0.166. The van der Waals surface area contributed by atoms with Gasteiger partial charge in [-0.2, -0.15) is 0 Å². The fourth-order valence-electron chi connectivity index (χ4n) is 0.923. The summed E-state index contributed by atoms with van der Waals surface area (Å²) in [5.74, 6) is 0. The Morgan fingerprint density at radius 2 is 1.58 bits per heavy atom. The Morgan fingerprint density at radius 1 is 1.08 bits per heavy atom. The van der Waals surface area contributed by atoms with Crippen LogP contribution in [0.3, 0.4) is 0 Å². The molecule has 0 fully saturated rings. The Hall–Kier alpha value is 0.620. The predicted octanol–water partition coefficient (Wildman–Crippen LogP) is 3.51. The van der Waals surface area contributed by atoms with Crippen LogP contribution in [0, 0.1) is 0 Å². The Morgan fingerprint density at radius 3 is 2.00 bits per heavy atom. The summed E-state index contributed by atoms with van der Waals surface area (Å²) in [6, 6.07) is 3.94. The van der Waals surface area contributed by atoms with Gasteiger partial charge in [-0.3, -0.25) is 0 Å². The SMILES string of the molecule is OCCc1c(Br)cc(Br)cc1Br. The molecular weight excluding hydrogens is 352 g/mol. The third-order valence-corrected chi connectivity index (χ3v) is 3.34. The van der Waals surface area contributed by atoms with Gasteiger partial charge in [-0.15, -0.1) is 0 Å². The third-order valence-electron chi connectivity index (χ3n) is 1.47. The van der Waals surface area contributed by atoms with Crippen molar-refractivity contribution in [2.75, 3.05) is 6.61 Å². The van der Waals surface area contributed by atoms with Crippen molar-refractivity contribution in [1.82, 2.24) is 0 Å². The van der Waals surface area contributed by atoms with Gasteiger partial charge in [0.15, 0.2) is 0 Å². The highest BCUT2D eigenvalue weighted by Gasteiger charge is 2.05. The predicted molar refractivity (Wildman–Crippen MR) is 60.3 cm³/mol. The highest BCUT2D eigenvalue weighted by atomic mass is 79.9. The molecule has 0 amide bonds. The zero-order valence-corrected chi connectivity index (χ0v) is 10.9. The topological polar surface area (TPSA) is 20.2 Å². The van der Waals surface area contributed by atoms with E-state index >= 15 is 0 Å². The highest BCUT2D eigenvalue weighted by molar-refractivity contribution is 9.11. The van der Waals surface area contributed by atoms with Gasteiger partial charge in [0.05, 0.1) is 0 Å². The summed E-state index contributed by atoms with van der Waals surface area (Å²) in [4.78, 5) is 0. The number of hydrogen-bond donors (Lipinski definition) is 1. The molecule has 0 aromatic heterocycles. The van der Waals surface area contributed by atoms with Crippen LogP contribution in [0.4, 0.5) is 0 Å². The lowest BCUT2D eigenvalue weighted by atomic mass is 10.2. The van der Waals surface area contributed by atoms with Gasteiger partial charge in [-0.25, -0.2) is 0 Å². The fraction of sp³-hybridized carbons (Fsp3) is 0.250. The van der Waals surface area contributed by atoms with E-state index in [1.807, 2.05) is 12.1 Å². The molecule has 4 heteroatoms. The second kappa shape index (κ2) is 4.74. The van der Waals surface area contributed by atoms with Crippen molar-refractivity contribution in [3.05, 3.63) is 31.1 Å². The molecule has 1 aromatic rings. The molecule has 0 bridgehead atoms. The number of benzene rings is 1. The van der Waals surface area contributed by atoms with E-state index in [0.717, 1.165) is 19.0 Å². The van der Waals surface area contributed by atoms with E-state index < -0.39 is 0 Å². The lowest BCUT2D eigenvalue weighted by molar-refractivity contribution is 0.299. The second-order valence-corrected chi connectivity index (χ2v) is 4.95. The summed E-state index contributed by atoms with van der Waals surface area (Å²) in [7, 11) is 0. The van der Waals surface area contributed by atoms with E-state index in [1.54, 1.807) is 0 Å². The summed E-state index contributed by atoms with van der Waals surface area (Å²) < 4.78 is 3.04. The first-order valence-electron chi connectivity index (χ1n) is 3.39. The maximum atomic E-state index is 8.78. The van der Waals surface area contributed by atoms with Crippen molar-refractivity contribution in [1.29, 1.82) is 0 Å². The van der Waals surface area contributed by atoms with Gasteiger partial charge in [-0.1, -0.05) is 47.8 Å². The molecule has 1 rings (SSSR count). The molecule has 0 unspecified atom stereocenters. The van der Waals surface area contributed by atoms with Gasteiger partial charge in [0.1, 0.15) is 0 Å². The average Bonchev–Trinajstić information content (AvgIpc) is 1.96. The molecule has 0 radical (unpaired) electrons. The maximum Gasteiger partial charge on any atom is 0.0472 e. The Bertz CT molecular complexity index is 263. The molecular formula is C8H7Br3O. The summed E-state index contributed by atoms with van der Waals surface area (Å²) in [5.41, 5.74) is 1.10. The molecule has 0 aliphatic heterocycles. The van der Waals surface area contributed by atoms with Crippen LogP contribution < -0.4 is 0 Å². The normalized spacial score (nSPS) is 10.3. The van der Waals surface area contributed by atoms with Gasteiger partial charge in [0, 0.05) is 20.0 Å². The van der Waals surface area contributed by atoms with Crippen LogP contribution in [0.15, 0.2) is 25.6 Å². The summed E-state index contributed by atoms with van der Waals surface area (Å²) in [5, 5.41) is 8.78. The molecule has 0 heterocycles. The monoisotopic (exact) mass is 356 g/mol. The lowest BCUT2D eigenvalue weighted by Crippen LogP contribution is -1.93. The van der Waals surface area contributed by atoms with Crippen molar-refractivity contribution in [3.8, 4) is 0 Å². The van der Waals surface area contributed by atoms with E-state index in [2.05, 4.69) is 47.8 Å². The van der Waals surface area contributed by atoms with E-state index in [4.69, 9.17) is 5.11 Å². The van der Waals surface area contributed by atoms with Gasteiger partial charge >= 0.3 is 0 Å². The van der Waals surface area contributed by atoms with E-state index in [0.29, 0.717) is 6.42 Å². The van der Waals surface area contributed by atoms with Crippen molar-refractivity contribution in [2.45, 2.75) is 6.42 Å². The Kier molecular flexibility index (Phi) is 4.23. The highest BCUT2D eigenvalue weighted by Crippen LogP contribution is 2.29. The molecule has 0 saturated carbocycles. The average molecular weight is 359 g/mol. The number of aliphatic hydroxyl groups excluding tert-OH is 1. The van der Waals surface area contributed by atoms with E-state index in [9.17, 15) is 0 Å². The van der Waals surface area contributed by atoms with E-state index in [-0.39, 0.29) is 6.61 Å². The van der Waals surface area contributed by atoms with Gasteiger partial charge < -0.3 is 5.11 Å². The maximum absolute atomic E-state index is 8.78. The molecule has 0 spiro atoms. The minimum absolute atomic E-state index is 0.166. The van der Waals surface area contributed by atoms with Crippen LogP contribution in [-0.4, -0.2) is 11.7 Å². The first kappa shape index (κ1) is 10.7. The fourth-order valence-corrected chi connectivity index (χ4v) is 3.58. The summed E-state index contributed by atoms with van der Waals surface area (Å²) in [6.45, 7) is 0.166. The first-order valence-corrected chi connectivity index (χ1v) is 5.77. The largest absolute Gasteiger partial charge is 0.396 e. The zero-order chi connectivity index (χ0) is 9.14. The second-order valence-electron chi connectivity index (χ2n) is 2.32. The van der Waals surface area contributed by atoms with Gasteiger partial charge in [0.25, 0.3) is 0 Å². The van der Waals surface area contributed by atoms with Gasteiger partial charge in [-0.05, 0) is 24.1 Å². The molecule has 0 aliphatic rings. The molecule has 0 atom stereocenters. The van der Waals surface area contributed by atoms with Crippen LogP contribution in [0.5, 0.6) is 0 Å². The Balaban J connectivity index is 3.10. The molecule has 0 aliphatic carbocycles. The molecule has 1 nitrogen and oxygen atoms in total.